The highest BCUT2D eigenvalue weighted by atomic mass is 16.3. The van der Waals surface area contributed by atoms with Crippen molar-refractivity contribution in [1.29, 1.82) is 0 Å². The maximum atomic E-state index is 11.6. The molecule has 5 nitrogen and oxygen atoms in total. The summed E-state index contributed by atoms with van der Waals surface area (Å²) in [7, 11) is 0. The zero-order chi connectivity index (χ0) is 12.8. The third kappa shape index (κ3) is 5.70. The molecule has 0 fully saturated rings. The molecule has 94 valence electrons. The van der Waals surface area contributed by atoms with E-state index in [9.17, 15) is 9.59 Å². The first kappa shape index (κ1) is 14.9. The summed E-state index contributed by atoms with van der Waals surface area (Å²) < 4.78 is 0. The van der Waals surface area contributed by atoms with Crippen LogP contribution < -0.4 is 10.6 Å². The molecule has 0 heterocycles. The first-order chi connectivity index (χ1) is 7.29. The second-order valence-corrected chi connectivity index (χ2v) is 4.81. The minimum atomic E-state index is -0.551. The van der Waals surface area contributed by atoms with E-state index in [2.05, 4.69) is 10.6 Å². The van der Waals surface area contributed by atoms with Gasteiger partial charge in [0.15, 0.2) is 0 Å². The van der Waals surface area contributed by atoms with Crippen LogP contribution in [0.2, 0.25) is 0 Å². The van der Waals surface area contributed by atoms with Gasteiger partial charge in [-0.15, -0.1) is 0 Å². The maximum absolute atomic E-state index is 11.6. The Kier molecular flexibility index (Phi) is 6.03. The highest BCUT2D eigenvalue weighted by Gasteiger charge is 2.24. The molecular formula is C11H22N2O3. The van der Waals surface area contributed by atoms with Crippen molar-refractivity contribution in [1.82, 2.24) is 10.6 Å². The Labute approximate surface area is 96.6 Å². The molecule has 0 aromatic heterocycles. The molecule has 0 spiro atoms. The number of aliphatic hydroxyl groups is 1. The number of rotatable bonds is 5. The molecule has 1 unspecified atom stereocenters. The predicted molar refractivity (Wildman–Crippen MR) is 61.8 cm³/mol. The van der Waals surface area contributed by atoms with Gasteiger partial charge in [0.05, 0.1) is 0 Å². The number of amides is 2. The van der Waals surface area contributed by atoms with Crippen LogP contribution in [0.15, 0.2) is 0 Å². The number of hydrogen-bond acceptors (Lipinski definition) is 3. The third-order valence-electron chi connectivity index (χ3n) is 2.06. The van der Waals surface area contributed by atoms with Crippen molar-refractivity contribution in [2.24, 2.45) is 5.41 Å². The normalized spacial score (nSPS) is 13.1. The lowest BCUT2D eigenvalue weighted by Gasteiger charge is -2.21. The number of aliphatic hydroxyl groups excluding tert-OH is 1. The largest absolute Gasteiger partial charge is 0.396 e. The fourth-order valence-corrected chi connectivity index (χ4v) is 0.922. The average molecular weight is 230 g/mol. The number of hydrogen-bond donors (Lipinski definition) is 3. The van der Waals surface area contributed by atoms with Crippen LogP contribution in [0.3, 0.4) is 0 Å². The Morgan fingerprint density at radius 1 is 1.31 bits per heavy atom. The molecule has 0 bridgehead atoms. The van der Waals surface area contributed by atoms with Gasteiger partial charge in [-0.1, -0.05) is 20.8 Å². The second kappa shape index (κ2) is 6.48. The van der Waals surface area contributed by atoms with Gasteiger partial charge < -0.3 is 15.7 Å². The Morgan fingerprint density at radius 2 is 1.88 bits per heavy atom. The van der Waals surface area contributed by atoms with E-state index >= 15 is 0 Å². The van der Waals surface area contributed by atoms with Gasteiger partial charge in [0.2, 0.25) is 11.8 Å². The van der Waals surface area contributed by atoms with Crippen LogP contribution in [0.4, 0.5) is 0 Å². The van der Waals surface area contributed by atoms with Gasteiger partial charge in [0.1, 0.15) is 6.04 Å². The van der Waals surface area contributed by atoms with E-state index in [-0.39, 0.29) is 18.4 Å². The monoisotopic (exact) mass is 230 g/mol. The third-order valence-corrected chi connectivity index (χ3v) is 2.06. The maximum Gasteiger partial charge on any atom is 0.242 e. The van der Waals surface area contributed by atoms with E-state index in [1.807, 2.05) is 0 Å². The van der Waals surface area contributed by atoms with Gasteiger partial charge in [-0.25, -0.2) is 0 Å². The van der Waals surface area contributed by atoms with Gasteiger partial charge in [-0.05, 0) is 13.3 Å². The molecule has 16 heavy (non-hydrogen) atoms. The van der Waals surface area contributed by atoms with E-state index in [1.54, 1.807) is 27.7 Å². The quantitative estimate of drug-likeness (QED) is 0.583. The van der Waals surface area contributed by atoms with Gasteiger partial charge in [0, 0.05) is 18.6 Å². The van der Waals surface area contributed by atoms with E-state index in [4.69, 9.17) is 5.11 Å². The molecule has 0 saturated heterocycles. The van der Waals surface area contributed by atoms with Crippen molar-refractivity contribution in [3.8, 4) is 0 Å². The SMILES string of the molecule is CC(NC(=O)C(C)(C)C)C(=O)NCCCO. The Bertz CT molecular complexity index is 246. The zero-order valence-electron chi connectivity index (χ0n) is 10.5. The van der Waals surface area contributed by atoms with Crippen LogP contribution in [0.25, 0.3) is 0 Å². The summed E-state index contributed by atoms with van der Waals surface area (Å²) in [4.78, 5) is 23.1. The second-order valence-electron chi connectivity index (χ2n) is 4.81. The molecule has 0 aliphatic heterocycles. The molecule has 0 aliphatic carbocycles. The summed E-state index contributed by atoms with van der Waals surface area (Å²) in [6, 6.07) is -0.551. The molecule has 0 aliphatic rings. The molecule has 2 amide bonds. The summed E-state index contributed by atoms with van der Waals surface area (Å²) in [5.41, 5.74) is -0.500. The van der Waals surface area contributed by atoms with Crippen molar-refractivity contribution in [2.75, 3.05) is 13.2 Å². The lowest BCUT2D eigenvalue weighted by atomic mass is 9.95. The highest BCUT2D eigenvalue weighted by molar-refractivity contribution is 5.89. The molecule has 0 radical (unpaired) electrons. The van der Waals surface area contributed by atoms with E-state index < -0.39 is 11.5 Å². The van der Waals surface area contributed by atoms with Crippen LogP contribution >= 0.6 is 0 Å². The predicted octanol–water partition coefficient (Wildman–Crippen LogP) is 0.0358. The van der Waals surface area contributed by atoms with Crippen LogP contribution in [-0.4, -0.2) is 36.1 Å². The summed E-state index contributed by atoms with van der Waals surface area (Å²) in [5.74, 6) is -0.386. The van der Waals surface area contributed by atoms with Crippen molar-refractivity contribution in [3.05, 3.63) is 0 Å². The first-order valence-electron chi connectivity index (χ1n) is 5.48. The minimum absolute atomic E-state index is 0.0447. The number of nitrogens with one attached hydrogen (secondary N) is 2. The molecule has 0 aromatic carbocycles. The number of carbonyl (C=O) groups excluding carboxylic acids is 2. The smallest absolute Gasteiger partial charge is 0.242 e. The summed E-state index contributed by atoms with van der Waals surface area (Å²) in [5, 5.41) is 13.8. The number of carbonyl (C=O) groups is 2. The Hall–Kier alpha value is -1.10. The molecule has 1 atom stereocenters. The topological polar surface area (TPSA) is 78.4 Å². The van der Waals surface area contributed by atoms with E-state index in [0.29, 0.717) is 13.0 Å². The van der Waals surface area contributed by atoms with Crippen molar-refractivity contribution >= 4 is 11.8 Å². The van der Waals surface area contributed by atoms with Gasteiger partial charge >= 0.3 is 0 Å². The van der Waals surface area contributed by atoms with Crippen LogP contribution in [0.5, 0.6) is 0 Å². The molecule has 5 heteroatoms. The minimum Gasteiger partial charge on any atom is -0.396 e. The average Bonchev–Trinajstić information content (AvgIpc) is 2.16. The Balaban J connectivity index is 4.01. The van der Waals surface area contributed by atoms with Crippen LogP contribution in [0, 0.1) is 5.41 Å². The van der Waals surface area contributed by atoms with Gasteiger partial charge in [-0.2, -0.15) is 0 Å². The molecule has 0 aromatic rings. The first-order valence-corrected chi connectivity index (χ1v) is 5.48. The van der Waals surface area contributed by atoms with Crippen molar-refractivity contribution in [3.63, 3.8) is 0 Å². The highest BCUT2D eigenvalue weighted by Crippen LogP contribution is 2.12. The fraction of sp³-hybridized carbons (Fsp3) is 0.818. The lowest BCUT2D eigenvalue weighted by molar-refractivity contribution is -0.133. The van der Waals surface area contributed by atoms with Crippen molar-refractivity contribution < 1.29 is 14.7 Å². The fourth-order valence-electron chi connectivity index (χ4n) is 0.922. The van der Waals surface area contributed by atoms with E-state index in [1.165, 1.54) is 0 Å². The molecular weight excluding hydrogens is 208 g/mol. The Morgan fingerprint density at radius 3 is 2.31 bits per heavy atom. The van der Waals surface area contributed by atoms with Crippen molar-refractivity contribution in [2.45, 2.75) is 40.2 Å². The van der Waals surface area contributed by atoms with Crippen LogP contribution in [-0.2, 0) is 9.59 Å². The standard InChI is InChI=1S/C11H22N2O3/c1-8(9(15)12-6-5-7-14)13-10(16)11(2,3)4/h8,14H,5-7H2,1-4H3,(H,12,15)(H,13,16). The van der Waals surface area contributed by atoms with E-state index in [0.717, 1.165) is 0 Å². The lowest BCUT2D eigenvalue weighted by Crippen LogP contribution is -2.48. The summed E-state index contributed by atoms with van der Waals surface area (Å²) in [6.45, 7) is 7.47. The van der Waals surface area contributed by atoms with Gasteiger partial charge in [-0.3, -0.25) is 9.59 Å². The summed E-state index contributed by atoms with van der Waals surface area (Å²) in [6.07, 6.45) is 0.520. The van der Waals surface area contributed by atoms with Crippen LogP contribution in [0.1, 0.15) is 34.1 Å². The summed E-state index contributed by atoms with van der Waals surface area (Å²) >= 11 is 0. The van der Waals surface area contributed by atoms with Gasteiger partial charge in [0.25, 0.3) is 0 Å². The molecule has 0 rings (SSSR count). The molecule has 0 saturated carbocycles. The zero-order valence-corrected chi connectivity index (χ0v) is 10.5. The molecule has 3 N–H and O–H groups in total.